The lowest BCUT2D eigenvalue weighted by atomic mass is 10.0. The van der Waals surface area contributed by atoms with Gasteiger partial charge in [0, 0.05) is 40.4 Å². The number of fused-ring (bicyclic) bond motifs is 1. The van der Waals surface area contributed by atoms with Crippen molar-refractivity contribution in [1.29, 1.82) is 0 Å². The molecule has 2 N–H and O–H groups in total. The first kappa shape index (κ1) is 30.1. The molecule has 1 unspecified atom stereocenters. The smallest absolute Gasteiger partial charge is 0.262 e. The van der Waals surface area contributed by atoms with E-state index in [1.807, 2.05) is 44.2 Å². The van der Waals surface area contributed by atoms with Gasteiger partial charge >= 0.3 is 0 Å². The van der Waals surface area contributed by atoms with Gasteiger partial charge in [0.15, 0.2) is 0 Å². The van der Waals surface area contributed by atoms with Crippen molar-refractivity contribution in [3.05, 3.63) is 63.5 Å². The van der Waals surface area contributed by atoms with Gasteiger partial charge in [-0.1, -0.05) is 55.2 Å². The Labute approximate surface area is 247 Å². The number of thiophene rings is 1. The molecule has 1 aliphatic rings. The minimum absolute atomic E-state index is 0.0236. The Bertz CT molecular complexity index is 1410. The van der Waals surface area contributed by atoms with E-state index in [2.05, 4.69) is 10.6 Å². The summed E-state index contributed by atoms with van der Waals surface area (Å²) in [6.45, 7) is 4.62. The van der Waals surface area contributed by atoms with Crippen LogP contribution in [-0.4, -0.2) is 61.2 Å². The Morgan fingerprint density at radius 3 is 2.62 bits per heavy atom. The third-order valence-corrected chi connectivity index (χ3v) is 11.3. The van der Waals surface area contributed by atoms with Crippen LogP contribution >= 0.6 is 46.3 Å². The molecular weight excluding hydrogens is 597 g/mol. The van der Waals surface area contributed by atoms with Crippen LogP contribution in [0, 0.1) is 5.92 Å². The van der Waals surface area contributed by atoms with E-state index in [0.29, 0.717) is 40.8 Å². The third-order valence-electron chi connectivity index (χ3n) is 6.41. The molecule has 1 fully saturated rings. The van der Waals surface area contributed by atoms with Crippen molar-refractivity contribution in [3.63, 3.8) is 0 Å². The van der Waals surface area contributed by atoms with Crippen LogP contribution < -0.4 is 10.6 Å². The molecule has 2 atom stereocenters. The molecule has 1 saturated heterocycles. The van der Waals surface area contributed by atoms with Gasteiger partial charge in [-0.25, -0.2) is 8.42 Å². The molecule has 210 valence electrons. The summed E-state index contributed by atoms with van der Waals surface area (Å²) in [5.74, 6) is 0.906. The Hall–Kier alpha value is -1.82. The van der Waals surface area contributed by atoms with Crippen LogP contribution in [0.2, 0.25) is 10.0 Å². The minimum Gasteiger partial charge on any atom is -0.354 e. The van der Waals surface area contributed by atoms with Crippen LogP contribution in [0.3, 0.4) is 0 Å². The first-order chi connectivity index (χ1) is 18.6. The number of carbonyl (C=O) groups excluding carboxylic acids is 2. The van der Waals surface area contributed by atoms with Crippen LogP contribution in [0.25, 0.3) is 10.1 Å². The zero-order valence-electron chi connectivity index (χ0n) is 21.7. The highest BCUT2D eigenvalue weighted by atomic mass is 35.5. The molecule has 3 aromatic rings. The molecular formula is C27H31Cl2N3O4S3. The van der Waals surface area contributed by atoms with Crippen molar-refractivity contribution in [1.82, 2.24) is 14.9 Å². The lowest BCUT2D eigenvalue weighted by Crippen LogP contribution is -2.50. The second-order valence-corrected chi connectivity index (χ2v) is 14.7. The highest BCUT2D eigenvalue weighted by molar-refractivity contribution is 7.99. The molecule has 1 aromatic heterocycles. The molecule has 12 heteroatoms. The Kier molecular flexibility index (Phi) is 10.2. The van der Waals surface area contributed by atoms with E-state index in [4.69, 9.17) is 23.2 Å². The van der Waals surface area contributed by atoms with E-state index in [1.165, 1.54) is 33.8 Å². The average molecular weight is 629 g/mol. The molecule has 2 heterocycles. The molecule has 39 heavy (non-hydrogen) atoms. The number of carbonyl (C=O) groups is 2. The van der Waals surface area contributed by atoms with E-state index in [-0.39, 0.29) is 40.2 Å². The summed E-state index contributed by atoms with van der Waals surface area (Å²) < 4.78 is 29.3. The van der Waals surface area contributed by atoms with Gasteiger partial charge < -0.3 is 10.6 Å². The van der Waals surface area contributed by atoms with Gasteiger partial charge in [0.25, 0.3) is 5.91 Å². The van der Waals surface area contributed by atoms with Gasteiger partial charge in [-0.3, -0.25) is 9.59 Å². The number of nitrogens with one attached hydrogen (secondary N) is 2. The number of hydrogen-bond donors (Lipinski definition) is 2. The van der Waals surface area contributed by atoms with Crippen LogP contribution in [0.5, 0.6) is 0 Å². The Morgan fingerprint density at radius 2 is 1.90 bits per heavy atom. The second-order valence-electron chi connectivity index (χ2n) is 9.80. The van der Waals surface area contributed by atoms with Crippen LogP contribution in [0.4, 0.5) is 0 Å². The predicted octanol–water partition coefficient (Wildman–Crippen LogP) is 5.67. The molecule has 0 saturated carbocycles. The SMILES string of the molecule is CC(C)C[C@H](NC(=O)c1cc2ccccc2s1)C(=O)NCCC1CSCCN1S(=O)(=O)c1ccc(Cl)cc1Cl. The lowest BCUT2D eigenvalue weighted by Gasteiger charge is -2.34. The predicted molar refractivity (Wildman–Crippen MR) is 162 cm³/mol. The maximum Gasteiger partial charge on any atom is 0.262 e. The summed E-state index contributed by atoms with van der Waals surface area (Å²) >= 11 is 15.3. The van der Waals surface area contributed by atoms with Crippen LogP contribution in [0.15, 0.2) is 53.4 Å². The quantitative estimate of drug-likeness (QED) is 0.302. The molecule has 1 aliphatic heterocycles. The summed E-state index contributed by atoms with van der Waals surface area (Å²) in [5, 5.41) is 7.26. The highest BCUT2D eigenvalue weighted by Gasteiger charge is 2.35. The van der Waals surface area contributed by atoms with Crippen LogP contribution in [0.1, 0.15) is 36.4 Å². The zero-order valence-corrected chi connectivity index (χ0v) is 25.6. The van der Waals surface area contributed by atoms with E-state index in [1.54, 1.807) is 11.8 Å². The zero-order chi connectivity index (χ0) is 28.2. The number of hydrogen-bond acceptors (Lipinski definition) is 6. The standard InChI is InChI=1S/C27H31Cl2N3O4S3/c1-17(2)13-22(31-27(34)24-14-18-5-3-4-6-23(18)38-24)26(33)30-10-9-20-16-37-12-11-32(20)39(35,36)25-8-7-19(28)15-21(25)29/h3-8,14-15,17,20,22H,9-13,16H2,1-2H3,(H,30,33)(H,31,34)/t20?,22-/m0/s1. The second kappa shape index (κ2) is 13.2. The number of sulfonamides is 1. The van der Waals surface area contributed by atoms with Crippen molar-refractivity contribution in [2.75, 3.05) is 24.6 Å². The fourth-order valence-corrected chi connectivity index (χ4v) is 9.20. The highest BCUT2D eigenvalue weighted by Crippen LogP contribution is 2.31. The molecule has 2 aromatic carbocycles. The summed E-state index contributed by atoms with van der Waals surface area (Å²) in [6.07, 6.45) is 0.916. The van der Waals surface area contributed by atoms with Crippen molar-refractivity contribution in [2.45, 2.75) is 43.7 Å². The van der Waals surface area contributed by atoms with E-state index >= 15 is 0 Å². The summed E-state index contributed by atoms with van der Waals surface area (Å²) in [5.41, 5.74) is 0. The van der Waals surface area contributed by atoms with Crippen molar-refractivity contribution in [2.24, 2.45) is 5.92 Å². The molecule has 0 spiro atoms. The fraction of sp³-hybridized carbons (Fsp3) is 0.407. The van der Waals surface area contributed by atoms with Gasteiger partial charge in [-0.2, -0.15) is 16.1 Å². The number of halogens is 2. The van der Waals surface area contributed by atoms with Crippen molar-refractivity contribution < 1.29 is 18.0 Å². The topological polar surface area (TPSA) is 95.6 Å². The maximum absolute atomic E-state index is 13.4. The van der Waals surface area contributed by atoms with Gasteiger partial charge in [0.1, 0.15) is 10.9 Å². The van der Waals surface area contributed by atoms with Crippen molar-refractivity contribution in [3.8, 4) is 0 Å². The maximum atomic E-state index is 13.4. The number of nitrogens with zero attached hydrogens (tertiary/aromatic N) is 1. The Balaban J connectivity index is 1.40. The molecule has 0 bridgehead atoms. The molecule has 4 rings (SSSR count). The number of benzene rings is 2. The van der Waals surface area contributed by atoms with Gasteiger partial charge in [0.05, 0.1) is 9.90 Å². The Morgan fingerprint density at radius 1 is 1.13 bits per heavy atom. The molecule has 2 amide bonds. The summed E-state index contributed by atoms with van der Waals surface area (Å²) in [6, 6.07) is 13.0. The van der Waals surface area contributed by atoms with Crippen LogP contribution in [-0.2, 0) is 14.8 Å². The first-order valence-electron chi connectivity index (χ1n) is 12.7. The first-order valence-corrected chi connectivity index (χ1v) is 16.8. The number of thioether (sulfide) groups is 1. The number of amides is 2. The van der Waals surface area contributed by atoms with Gasteiger partial charge in [-0.15, -0.1) is 11.3 Å². The lowest BCUT2D eigenvalue weighted by molar-refractivity contribution is -0.123. The van der Waals surface area contributed by atoms with Gasteiger partial charge in [0.2, 0.25) is 15.9 Å². The van der Waals surface area contributed by atoms with E-state index in [9.17, 15) is 18.0 Å². The number of rotatable bonds is 10. The van der Waals surface area contributed by atoms with E-state index < -0.39 is 16.1 Å². The van der Waals surface area contributed by atoms with Crippen molar-refractivity contribution >= 4 is 78.2 Å². The third kappa shape index (κ3) is 7.48. The monoisotopic (exact) mass is 627 g/mol. The molecule has 7 nitrogen and oxygen atoms in total. The summed E-state index contributed by atoms with van der Waals surface area (Å²) in [7, 11) is -3.84. The summed E-state index contributed by atoms with van der Waals surface area (Å²) in [4.78, 5) is 26.7. The van der Waals surface area contributed by atoms with E-state index in [0.717, 1.165) is 10.1 Å². The molecule has 0 radical (unpaired) electrons. The molecule has 0 aliphatic carbocycles. The largest absolute Gasteiger partial charge is 0.354 e. The average Bonchev–Trinajstić information content (AvgIpc) is 3.32. The fourth-order valence-electron chi connectivity index (χ4n) is 4.51. The normalized spacial score (nSPS) is 17.3. The minimum atomic E-state index is -3.84. The van der Waals surface area contributed by atoms with Gasteiger partial charge in [-0.05, 0) is 54.5 Å².